The smallest absolute Gasteiger partial charge is 0.460 e. The summed E-state index contributed by atoms with van der Waals surface area (Å²) in [6.45, 7) is 0. The van der Waals surface area contributed by atoms with Crippen molar-refractivity contribution in [3.05, 3.63) is 29.3 Å². The zero-order valence-corrected chi connectivity index (χ0v) is 28.8. The average molecular weight is 1010 g/mol. The molecular weight excluding hydrogens is 998 g/mol. The predicted octanol–water partition coefficient (Wildman–Crippen LogP) is 14.1. The van der Waals surface area contributed by atoms with E-state index < -0.39 is 151 Å². The van der Waals surface area contributed by atoms with E-state index in [1.807, 2.05) is 0 Å². The third-order valence-corrected chi connectivity index (χ3v) is 8.52. The van der Waals surface area contributed by atoms with Crippen molar-refractivity contribution in [2.45, 2.75) is 134 Å². The highest BCUT2D eigenvalue weighted by Crippen LogP contribution is 2.66. The second-order valence-corrected chi connectivity index (χ2v) is 13.0. The van der Waals surface area contributed by atoms with E-state index in [1.165, 1.54) is 0 Å². The molecule has 372 valence electrons. The first-order valence-corrected chi connectivity index (χ1v) is 15.3. The summed E-state index contributed by atoms with van der Waals surface area (Å²) in [6.07, 6.45) is -28.8. The van der Waals surface area contributed by atoms with Crippen LogP contribution in [-0.4, -0.2) is 100 Å². The van der Waals surface area contributed by atoms with Crippen LogP contribution in [0.3, 0.4) is 0 Å². The molecule has 0 fully saturated rings. The van der Waals surface area contributed by atoms with Gasteiger partial charge in [-0.3, -0.25) is 0 Å². The van der Waals surface area contributed by atoms with Gasteiger partial charge in [-0.15, -0.1) is 0 Å². The summed E-state index contributed by atoms with van der Waals surface area (Å²) in [4.78, 5) is 0. The molecule has 0 aliphatic rings. The molecule has 0 aliphatic carbocycles. The number of phenols is 1. The van der Waals surface area contributed by atoms with Gasteiger partial charge in [-0.25, -0.2) is 0 Å². The molecule has 1 rings (SSSR count). The van der Waals surface area contributed by atoms with Gasteiger partial charge in [-0.05, 0) is 48.9 Å². The summed E-state index contributed by atoms with van der Waals surface area (Å²) in [5.74, 6) is -119. The Morgan fingerprint density at radius 3 is 0.667 bits per heavy atom. The molecule has 0 atom stereocenters. The topological polar surface area (TPSA) is 20.2 Å². The molecule has 0 unspecified atom stereocenters. The number of aromatic hydroxyl groups is 1. The molecule has 35 heteroatoms. The standard InChI is InChI=1S/C28H16F34O/c29-13(30,15(33,34)17(37,38)19(41,42)21(45,46)23(49,50)25(53,54)27(57,58)59)5-1-3-10-7-11(9-12(63)8-10)4-2-6-14(31,32)16(35,36)18(39,40)20(43,44)22(47,48)24(51,52)26(55,56)28(60,61)62/h7-9,63H,1-6H2. The van der Waals surface area contributed by atoms with Crippen molar-refractivity contribution in [3.63, 3.8) is 0 Å². The molecule has 0 radical (unpaired) electrons. The van der Waals surface area contributed by atoms with Crippen LogP contribution in [0, 0.1) is 0 Å². The van der Waals surface area contributed by atoms with Gasteiger partial charge in [-0.1, -0.05) is 6.07 Å². The van der Waals surface area contributed by atoms with Crippen LogP contribution in [0.5, 0.6) is 5.75 Å². The maximum absolute atomic E-state index is 14.2. The lowest BCUT2D eigenvalue weighted by atomic mass is 9.87. The molecule has 1 nitrogen and oxygen atoms in total. The maximum Gasteiger partial charge on any atom is 0.460 e. The van der Waals surface area contributed by atoms with Gasteiger partial charge >= 0.3 is 95.3 Å². The molecule has 1 aromatic rings. The highest BCUT2D eigenvalue weighted by molar-refractivity contribution is 5.34. The van der Waals surface area contributed by atoms with Crippen molar-refractivity contribution in [2.75, 3.05) is 0 Å². The van der Waals surface area contributed by atoms with Crippen molar-refractivity contribution < 1.29 is 154 Å². The first kappa shape index (κ1) is 57.7. The fraction of sp³-hybridized carbons (Fsp3) is 0.786. The molecule has 0 saturated carbocycles. The summed E-state index contributed by atoms with van der Waals surface area (Å²) >= 11 is 0. The van der Waals surface area contributed by atoms with Crippen LogP contribution in [-0.2, 0) is 12.8 Å². The molecule has 0 saturated heterocycles. The lowest BCUT2D eigenvalue weighted by molar-refractivity contribution is -0.461. The summed E-state index contributed by atoms with van der Waals surface area (Å²) in [6, 6.07) is 0.857. The molecule has 0 bridgehead atoms. The van der Waals surface area contributed by atoms with Crippen molar-refractivity contribution >= 4 is 0 Å². The second kappa shape index (κ2) is 15.9. The Kier molecular flexibility index (Phi) is 14.6. The quantitative estimate of drug-likeness (QED) is 0.129. The zero-order chi connectivity index (χ0) is 51.1. The summed E-state index contributed by atoms with van der Waals surface area (Å²) in [5.41, 5.74) is -1.80. The van der Waals surface area contributed by atoms with Crippen LogP contribution in [0.2, 0.25) is 0 Å². The van der Waals surface area contributed by atoms with Gasteiger partial charge in [0.2, 0.25) is 0 Å². The van der Waals surface area contributed by atoms with Crippen molar-refractivity contribution in [1.82, 2.24) is 0 Å². The van der Waals surface area contributed by atoms with Crippen LogP contribution in [0.25, 0.3) is 0 Å². The van der Waals surface area contributed by atoms with E-state index in [9.17, 15) is 154 Å². The predicted molar refractivity (Wildman–Crippen MR) is 135 cm³/mol. The van der Waals surface area contributed by atoms with E-state index in [4.69, 9.17) is 0 Å². The summed E-state index contributed by atoms with van der Waals surface area (Å²) < 4.78 is 457. The van der Waals surface area contributed by atoms with E-state index in [1.54, 1.807) is 0 Å². The molecule has 1 N–H and O–H groups in total. The van der Waals surface area contributed by atoms with Crippen molar-refractivity contribution in [2.24, 2.45) is 0 Å². The SMILES string of the molecule is Oc1cc(CCCC(F)(F)C(F)(F)C(F)(F)C(F)(F)C(F)(F)C(F)(F)C(F)(F)C(F)(F)F)cc(CCCC(F)(F)C(F)(F)C(F)(F)C(F)(F)C(F)(F)C(F)(F)C(F)(F)C(F)(F)F)c1. The number of halogens is 34. The van der Waals surface area contributed by atoms with E-state index in [0.29, 0.717) is 6.07 Å². The Balaban J connectivity index is 3.33. The van der Waals surface area contributed by atoms with E-state index in [-0.39, 0.29) is 12.1 Å². The Bertz CT molecular complexity index is 1620. The molecular formula is C28H16F34O. The van der Waals surface area contributed by atoms with Gasteiger partial charge in [0.15, 0.2) is 0 Å². The first-order valence-electron chi connectivity index (χ1n) is 15.3. The number of alkyl halides is 34. The minimum atomic E-state index is -8.93. The van der Waals surface area contributed by atoms with Crippen LogP contribution in [0.4, 0.5) is 149 Å². The van der Waals surface area contributed by atoms with Gasteiger partial charge < -0.3 is 5.11 Å². The third kappa shape index (κ3) is 8.51. The lowest BCUT2D eigenvalue weighted by Gasteiger charge is -2.42. The highest BCUT2D eigenvalue weighted by atomic mass is 19.4. The molecule has 63 heavy (non-hydrogen) atoms. The van der Waals surface area contributed by atoms with Crippen LogP contribution < -0.4 is 0 Å². The molecule has 0 aromatic heterocycles. The monoisotopic (exact) mass is 1010 g/mol. The number of benzene rings is 1. The van der Waals surface area contributed by atoms with Gasteiger partial charge in [0, 0.05) is 12.8 Å². The highest BCUT2D eigenvalue weighted by Gasteiger charge is 2.96. The minimum Gasteiger partial charge on any atom is -0.508 e. The number of aryl methyl sites for hydroxylation is 2. The first-order chi connectivity index (χ1) is 27.1. The third-order valence-electron chi connectivity index (χ3n) is 8.52. The van der Waals surface area contributed by atoms with Gasteiger partial charge in [-0.2, -0.15) is 149 Å². The average Bonchev–Trinajstić information content (AvgIpc) is 3.05. The molecule has 1 aromatic carbocycles. The second-order valence-electron chi connectivity index (χ2n) is 13.0. The molecule has 0 heterocycles. The molecule has 0 aliphatic heterocycles. The number of hydrogen-bond donors (Lipinski definition) is 1. The van der Waals surface area contributed by atoms with Crippen molar-refractivity contribution in [1.29, 1.82) is 0 Å². The van der Waals surface area contributed by atoms with Crippen LogP contribution in [0.15, 0.2) is 18.2 Å². The number of rotatable bonds is 20. The Morgan fingerprint density at radius 2 is 0.460 bits per heavy atom. The maximum atomic E-state index is 14.2. The lowest BCUT2D eigenvalue weighted by Crippen LogP contribution is -2.74. The molecule has 0 amide bonds. The van der Waals surface area contributed by atoms with E-state index in [2.05, 4.69) is 0 Å². The fourth-order valence-corrected chi connectivity index (χ4v) is 4.77. The van der Waals surface area contributed by atoms with Gasteiger partial charge in [0.05, 0.1) is 0 Å². The summed E-state index contributed by atoms with van der Waals surface area (Å²) in [5, 5.41) is 9.65. The Hall–Kier alpha value is -3.36. The number of hydrogen-bond acceptors (Lipinski definition) is 1. The van der Waals surface area contributed by atoms with Crippen LogP contribution >= 0.6 is 0 Å². The van der Waals surface area contributed by atoms with Gasteiger partial charge in [0.1, 0.15) is 5.75 Å². The normalized spacial score (nSPS) is 16.2. The summed E-state index contributed by atoms with van der Waals surface area (Å²) in [7, 11) is 0. The zero-order valence-electron chi connectivity index (χ0n) is 28.8. The Labute approximate surface area is 324 Å². The van der Waals surface area contributed by atoms with E-state index in [0.717, 1.165) is 0 Å². The minimum absolute atomic E-state index is 0.273. The van der Waals surface area contributed by atoms with Gasteiger partial charge in [0.25, 0.3) is 0 Å². The molecule has 0 spiro atoms. The Morgan fingerprint density at radius 1 is 0.270 bits per heavy atom. The van der Waals surface area contributed by atoms with E-state index >= 15 is 0 Å². The number of phenolic OH excluding ortho intramolecular Hbond substituents is 1. The fourth-order valence-electron chi connectivity index (χ4n) is 4.77. The van der Waals surface area contributed by atoms with Crippen LogP contribution in [0.1, 0.15) is 36.8 Å². The van der Waals surface area contributed by atoms with Crippen molar-refractivity contribution in [3.8, 4) is 5.75 Å². The largest absolute Gasteiger partial charge is 0.508 e.